The lowest BCUT2D eigenvalue weighted by molar-refractivity contribution is 0.891. The minimum Gasteiger partial charge on any atom is -0.231 e. The van der Waals surface area contributed by atoms with Crippen molar-refractivity contribution < 1.29 is 0 Å². The normalized spacial score (nSPS) is 11.0. The fourth-order valence-electron chi connectivity index (χ4n) is 3.49. The molecule has 2 nitrogen and oxygen atoms in total. The van der Waals surface area contributed by atoms with E-state index >= 15 is 0 Å². The molecule has 0 unspecified atom stereocenters. The summed E-state index contributed by atoms with van der Waals surface area (Å²) in [4.78, 5) is 0. The third-order valence-electron chi connectivity index (χ3n) is 4.79. The van der Waals surface area contributed by atoms with Crippen LogP contribution in [0.3, 0.4) is 0 Å². The van der Waals surface area contributed by atoms with Crippen LogP contribution in [-0.4, -0.2) is 9.78 Å². The summed E-state index contributed by atoms with van der Waals surface area (Å²) >= 11 is 6.52. The summed E-state index contributed by atoms with van der Waals surface area (Å²) in [6.45, 7) is 6.34. The van der Waals surface area contributed by atoms with Crippen LogP contribution in [-0.2, 0) is 0 Å². The zero-order valence-corrected chi connectivity index (χ0v) is 16.5. The summed E-state index contributed by atoms with van der Waals surface area (Å²) in [6.07, 6.45) is 0. The Kier molecular flexibility index (Phi) is 4.59. The first kappa shape index (κ1) is 17.6. The molecule has 27 heavy (non-hydrogen) atoms. The van der Waals surface area contributed by atoms with Crippen molar-refractivity contribution in [2.24, 2.45) is 0 Å². The van der Waals surface area contributed by atoms with Gasteiger partial charge in [-0.15, -0.1) is 0 Å². The van der Waals surface area contributed by atoms with Crippen LogP contribution < -0.4 is 0 Å². The maximum Gasteiger partial charge on any atom is 0.0963 e. The third-order valence-corrected chi connectivity index (χ3v) is 5.11. The molecule has 0 N–H and O–H groups in total. The van der Waals surface area contributed by atoms with Gasteiger partial charge in [0.1, 0.15) is 0 Å². The quantitative estimate of drug-likeness (QED) is 0.387. The SMILES string of the molecule is Cc1cccc(-c2nn(-c3ccccc3Cl)c(-c3cccc(C)c3)c2C)c1. The molecule has 0 atom stereocenters. The number of benzene rings is 3. The minimum absolute atomic E-state index is 0.685. The van der Waals surface area contributed by atoms with Crippen LogP contribution in [0, 0.1) is 20.8 Å². The monoisotopic (exact) mass is 372 g/mol. The van der Waals surface area contributed by atoms with Gasteiger partial charge in [0.25, 0.3) is 0 Å². The van der Waals surface area contributed by atoms with Crippen molar-refractivity contribution in [1.29, 1.82) is 0 Å². The number of nitrogens with zero attached hydrogens (tertiary/aromatic N) is 2. The van der Waals surface area contributed by atoms with Crippen molar-refractivity contribution >= 4 is 11.6 Å². The molecule has 3 heteroatoms. The van der Waals surface area contributed by atoms with E-state index < -0.39 is 0 Å². The lowest BCUT2D eigenvalue weighted by Gasteiger charge is -2.10. The van der Waals surface area contributed by atoms with E-state index in [0.29, 0.717) is 5.02 Å². The van der Waals surface area contributed by atoms with Crippen molar-refractivity contribution in [2.45, 2.75) is 20.8 Å². The van der Waals surface area contributed by atoms with Crippen molar-refractivity contribution in [1.82, 2.24) is 9.78 Å². The molecule has 0 bridgehead atoms. The lowest BCUT2D eigenvalue weighted by Crippen LogP contribution is -2.00. The second-order valence-electron chi connectivity index (χ2n) is 6.92. The molecule has 0 amide bonds. The second-order valence-corrected chi connectivity index (χ2v) is 7.33. The number of hydrogen-bond donors (Lipinski definition) is 0. The standard InChI is InChI=1S/C24H21ClN2/c1-16-8-6-10-19(14-16)23-18(3)24(20-11-7-9-17(2)15-20)27(26-23)22-13-5-4-12-21(22)25/h4-15H,1-3H3. The Bertz CT molecular complexity index is 1120. The van der Waals surface area contributed by atoms with Gasteiger partial charge >= 0.3 is 0 Å². The van der Waals surface area contributed by atoms with Gasteiger partial charge in [-0.1, -0.05) is 71.3 Å². The van der Waals surface area contributed by atoms with Crippen LogP contribution in [0.4, 0.5) is 0 Å². The molecular weight excluding hydrogens is 352 g/mol. The molecule has 0 saturated heterocycles. The largest absolute Gasteiger partial charge is 0.231 e. The fraction of sp³-hybridized carbons (Fsp3) is 0.125. The summed E-state index contributed by atoms with van der Waals surface area (Å²) in [5.74, 6) is 0. The van der Waals surface area contributed by atoms with Crippen LogP contribution in [0.5, 0.6) is 0 Å². The maximum absolute atomic E-state index is 6.52. The second kappa shape index (κ2) is 7.05. The molecule has 1 heterocycles. The van der Waals surface area contributed by atoms with Gasteiger partial charge in [0.2, 0.25) is 0 Å². The summed E-state index contributed by atoms with van der Waals surface area (Å²) in [7, 11) is 0. The highest BCUT2D eigenvalue weighted by Gasteiger charge is 2.19. The molecule has 4 aromatic rings. The molecule has 0 fully saturated rings. The first-order valence-electron chi connectivity index (χ1n) is 9.03. The Morgan fingerprint density at radius 3 is 2.04 bits per heavy atom. The number of para-hydroxylation sites is 1. The van der Waals surface area contributed by atoms with Gasteiger partial charge in [-0.05, 0) is 45.0 Å². The maximum atomic E-state index is 6.52. The first-order valence-corrected chi connectivity index (χ1v) is 9.41. The van der Waals surface area contributed by atoms with Gasteiger partial charge in [0.15, 0.2) is 0 Å². The van der Waals surface area contributed by atoms with Crippen LogP contribution in [0.2, 0.25) is 5.02 Å². The molecule has 3 aromatic carbocycles. The summed E-state index contributed by atoms with van der Waals surface area (Å²) < 4.78 is 1.98. The molecular formula is C24H21ClN2. The first-order chi connectivity index (χ1) is 13.0. The highest BCUT2D eigenvalue weighted by molar-refractivity contribution is 6.32. The number of aryl methyl sites for hydroxylation is 2. The van der Waals surface area contributed by atoms with Crippen LogP contribution in [0.1, 0.15) is 16.7 Å². The van der Waals surface area contributed by atoms with Gasteiger partial charge in [0, 0.05) is 16.7 Å². The molecule has 0 spiro atoms. The molecule has 4 rings (SSSR count). The van der Waals surface area contributed by atoms with Crippen LogP contribution >= 0.6 is 11.6 Å². The van der Waals surface area contributed by atoms with Gasteiger partial charge in [-0.25, -0.2) is 4.68 Å². The number of aromatic nitrogens is 2. The zero-order valence-electron chi connectivity index (χ0n) is 15.7. The van der Waals surface area contributed by atoms with E-state index in [1.165, 1.54) is 11.1 Å². The molecule has 134 valence electrons. The molecule has 1 aromatic heterocycles. The number of halogens is 1. The minimum atomic E-state index is 0.685. The Morgan fingerprint density at radius 2 is 1.37 bits per heavy atom. The average Bonchev–Trinajstić information content (AvgIpc) is 2.99. The molecule has 0 aliphatic rings. The average molecular weight is 373 g/mol. The molecule has 0 radical (unpaired) electrons. The van der Waals surface area contributed by atoms with Crippen molar-refractivity contribution in [3.05, 3.63) is 94.5 Å². The molecule has 0 aliphatic heterocycles. The number of rotatable bonds is 3. The smallest absolute Gasteiger partial charge is 0.0963 e. The van der Waals surface area contributed by atoms with E-state index in [9.17, 15) is 0 Å². The third kappa shape index (κ3) is 3.29. The summed E-state index contributed by atoms with van der Waals surface area (Å²) in [6, 6.07) is 24.8. The predicted molar refractivity (Wildman–Crippen MR) is 114 cm³/mol. The Hall–Kier alpha value is -2.84. The Morgan fingerprint density at radius 1 is 0.741 bits per heavy atom. The zero-order chi connectivity index (χ0) is 19.0. The van der Waals surface area contributed by atoms with Crippen LogP contribution in [0.15, 0.2) is 72.8 Å². The lowest BCUT2D eigenvalue weighted by atomic mass is 10.0. The predicted octanol–water partition coefficient (Wildman–Crippen LogP) is 6.78. The van der Waals surface area contributed by atoms with E-state index in [2.05, 4.69) is 69.3 Å². The van der Waals surface area contributed by atoms with Gasteiger partial charge < -0.3 is 0 Å². The van der Waals surface area contributed by atoms with E-state index in [4.69, 9.17) is 16.7 Å². The van der Waals surface area contributed by atoms with Crippen molar-refractivity contribution in [2.75, 3.05) is 0 Å². The number of hydrogen-bond acceptors (Lipinski definition) is 1. The van der Waals surface area contributed by atoms with E-state index in [-0.39, 0.29) is 0 Å². The van der Waals surface area contributed by atoms with Gasteiger partial charge in [0.05, 0.1) is 22.1 Å². The van der Waals surface area contributed by atoms with Gasteiger partial charge in [-0.2, -0.15) is 5.10 Å². The topological polar surface area (TPSA) is 17.8 Å². The summed E-state index contributed by atoms with van der Waals surface area (Å²) in [5, 5.41) is 5.68. The Labute approximate surface area is 165 Å². The van der Waals surface area contributed by atoms with E-state index in [1.54, 1.807) is 0 Å². The van der Waals surface area contributed by atoms with Crippen LogP contribution in [0.25, 0.3) is 28.2 Å². The van der Waals surface area contributed by atoms with E-state index in [1.807, 2.05) is 28.9 Å². The fourth-order valence-corrected chi connectivity index (χ4v) is 3.71. The molecule has 0 aliphatic carbocycles. The van der Waals surface area contributed by atoms with Crippen molar-refractivity contribution in [3.63, 3.8) is 0 Å². The van der Waals surface area contributed by atoms with Gasteiger partial charge in [-0.3, -0.25) is 0 Å². The highest BCUT2D eigenvalue weighted by atomic mass is 35.5. The Balaban J connectivity index is 2.02. The van der Waals surface area contributed by atoms with E-state index in [0.717, 1.165) is 33.8 Å². The highest BCUT2D eigenvalue weighted by Crippen LogP contribution is 2.35. The van der Waals surface area contributed by atoms with Crippen molar-refractivity contribution in [3.8, 4) is 28.2 Å². The summed E-state index contributed by atoms with van der Waals surface area (Å²) in [5.41, 5.74) is 8.78. The molecule has 0 saturated carbocycles.